The Morgan fingerprint density at radius 3 is 2.50 bits per heavy atom. The summed E-state index contributed by atoms with van der Waals surface area (Å²) >= 11 is 0. The van der Waals surface area contributed by atoms with Gasteiger partial charge in [0.2, 0.25) is 0 Å². The smallest absolute Gasteiger partial charge is 0.108 e. The van der Waals surface area contributed by atoms with E-state index in [-0.39, 0.29) is 6.61 Å². The van der Waals surface area contributed by atoms with Gasteiger partial charge in [-0.05, 0) is 6.42 Å². The Balaban J connectivity index is 2.89. The van der Waals surface area contributed by atoms with Crippen molar-refractivity contribution in [3.63, 3.8) is 0 Å². The first-order valence-electron chi connectivity index (χ1n) is 4.07. The third kappa shape index (κ3) is 6.05. The minimum absolute atomic E-state index is 0.341. The van der Waals surface area contributed by atoms with Crippen LogP contribution in [0.3, 0.4) is 0 Å². The summed E-state index contributed by atoms with van der Waals surface area (Å²) in [7, 11) is 0. The first-order chi connectivity index (χ1) is 4.81. The lowest BCUT2D eigenvalue weighted by atomic mass is 10.1. The molecule has 0 aromatic rings. The van der Waals surface area contributed by atoms with Crippen LogP contribution < -0.4 is 0 Å². The molecule has 0 aliphatic rings. The summed E-state index contributed by atoms with van der Waals surface area (Å²) in [5.41, 5.74) is 0. The number of hydrogen-bond acceptors (Lipinski definition) is 1. The van der Waals surface area contributed by atoms with E-state index in [0.717, 1.165) is 12.8 Å². The minimum Gasteiger partial charge on any atom is -0.391 e. The van der Waals surface area contributed by atoms with Crippen molar-refractivity contribution < 1.29 is 10.2 Å². The van der Waals surface area contributed by atoms with Gasteiger partial charge in [0.15, 0.2) is 0 Å². The predicted octanol–water partition coefficient (Wildman–Crippen LogP) is 1.75. The Morgan fingerprint density at radius 1 is 1.30 bits per heavy atom. The van der Waals surface area contributed by atoms with Crippen LogP contribution in [0, 0.1) is 0 Å². The number of hydrogen-bond donors (Lipinski definition) is 1. The van der Waals surface area contributed by atoms with Crippen LogP contribution >= 0.6 is 0 Å². The Hall–Kier alpha value is -0.0800. The summed E-state index contributed by atoms with van der Waals surface area (Å²) < 4.78 is 0. The maximum atomic E-state index is 10.0. The summed E-state index contributed by atoms with van der Waals surface area (Å²) in [5.74, 6) is 0. The lowest BCUT2D eigenvalue weighted by Gasteiger charge is -2.03. The summed E-state index contributed by atoms with van der Waals surface area (Å²) in [6.45, 7) is 1.80. The number of rotatable bonds is 6. The van der Waals surface area contributed by atoms with Gasteiger partial charge in [0.1, 0.15) is 6.61 Å². The van der Waals surface area contributed by atoms with Gasteiger partial charge in [-0.3, -0.25) is 0 Å². The van der Waals surface area contributed by atoms with Crippen LogP contribution in [0.4, 0.5) is 0 Å². The van der Waals surface area contributed by atoms with Crippen molar-refractivity contribution in [2.24, 2.45) is 0 Å². The van der Waals surface area contributed by atoms with E-state index < -0.39 is 6.10 Å². The maximum Gasteiger partial charge on any atom is 0.108 e. The first-order valence-corrected chi connectivity index (χ1v) is 4.07. The average Bonchev–Trinajstić information content (AvgIpc) is 1.98. The van der Waals surface area contributed by atoms with Gasteiger partial charge < -0.3 is 5.11 Å². The molecular formula is C8H17O2. The minimum atomic E-state index is -0.600. The van der Waals surface area contributed by atoms with Crippen molar-refractivity contribution in [2.45, 2.75) is 45.1 Å². The molecule has 1 unspecified atom stereocenters. The van der Waals surface area contributed by atoms with Crippen molar-refractivity contribution in [3.8, 4) is 0 Å². The zero-order valence-corrected chi connectivity index (χ0v) is 6.68. The summed E-state index contributed by atoms with van der Waals surface area (Å²) in [6.07, 6.45) is 4.64. The van der Waals surface area contributed by atoms with Gasteiger partial charge in [0, 0.05) is 0 Å². The second kappa shape index (κ2) is 7.03. The van der Waals surface area contributed by atoms with E-state index in [1.807, 2.05) is 0 Å². The molecule has 1 radical (unpaired) electrons. The van der Waals surface area contributed by atoms with Crippen LogP contribution in [0.5, 0.6) is 0 Å². The second-order valence-corrected chi connectivity index (χ2v) is 2.67. The lowest BCUT2D eigenvalue weighted by Crippen LogP contribution is -2.09. The van der Waals surface area contributed by atoms with Crippen LogP contribution in [0.2, 0.25) is 0 Å². The molecule has 0 fully saturated rings. The molecule has 0 heterocycles. The highest BCUT2D eigenvalue weighted by atomic mass is 16.3. The van der Waals surface area contributed by atoms with Crippen molar-refractivity contribution >= 4 is 0 Å². The van der Waals surface area contributed by atoms with Gasteiger partial charge in [-0.2, -0.15) is 0 Å². The van der Waals surface area contributed by atoms with Crippen LogP contribution in [-0.2, 0) is 5.11 Å². The highest BCUT2D eigenvalue weighted by Gasteiger charge is 2.00. The lowest BCUT2D eigenvalue weighted by molar-refractivity contribution is 0.0485. The van der Waals surface area contributed by atoms with E-state index in [1.54, 1.807) is 0 Å². The quantitative estimate of drug-likeness (QED) is 0.568. The van der Waals surface area contributed by atoms with Gasteiger partial charge in [-0.1, -0.05) is 32.6 Å². The van der Waals surface area contributed by atoms with Crippen molar-refractivity contribution in [1.29, 1.82) is 0 Å². The highest BCUT2D eigenvalue weighted by Crippen LogP contribution is 2.04. The molecule has 0 aliphatic carbocycles. The molecule has 0 aliphatic heterocycles. The summed E-state index contributed by atoms with van der Waals surface area (Å²) in [4.78, 5) is 0. The van der Waals surface area contributed by atoms with Gasteiger partial charge in [0.05, 0.1) is 6.10 Å². The van der Waals surface area contributed by atoms with Crippen molar-refractivity contribution in [3.05, 3.63) is 0 Å². The van der Waals surface area contributed by atoms with Crippen LogP contribution in [-0.4, -0.2) is 17.8 Å². The zero-order valence-electron chi connectivity index (χ0n) is 6.68. The molecule has 0 saturated heterocycles. The molecule has 0 rings (SSSR count). The maximum absolute atomic E-state index is 10.0. The van der Waals surface area contributed by atoms with E-state index in [4.69, 9.17) is 5.11 Å². The Labute approximate surface area is 62.9 Å². The van der Waals surface area contributed by atoms with E-state index in [9.17, 15) is 5.11 Å². The average molecular weight is 145 g/mol. The van der Waals surface area contributed by atoms with Gasteiger partial charge in [-0.15, -0.1) is 0 Å². The molecule has 61 valence electrons. The Kier molecular flexibility index (Phi) is 6.98. The molecule has 0 amide bonds. The molecule has 1 N–H and O–H groups in total. The summed E-state index contributed by atoms with van der Waals surface area (Å²) in [5, 5.41) is 18.9. The fourth-order valence-electron chi connectivity index (χ4n) is 0.890. The zero-order chi connectivity index (χ0) is 7.82. The van der Waals surface area contributed by atoms with Crippen LogP contribution in [0.25, 0.3) is 0 Å². The van der Waals surface area contributed by atoms with E-state index in [0.29, 0.717) is 6.42 Å². The normalized spacial score (nSPS) is 13.5. The fourth-order valence-corrected chi connectivity index (χ4v) is 0.890. The Bertz CT molecular complexity index is 64.3. The fraction of sp³-hybridized carbons (Fsp3) is 1.00. The van der Waals surface area contributed by atoms with E-state index in [2.05, 4.69) is 6.92 Å². The molecule has 0 saturated carbocycles. The topological polar surface area (TPSA) is 40.1 Å². The van der Waals surface area contributed by atoms with Crippen molar-refractivity contribution in [2.75, 3.05) is 6.61 Å². The highest BCUT2D eigenvalue weighted by molar-refractivity contribution is 4.52. The van der Waals surface area contributed by atoms with Crippen LogP contribution in [0.1, 0.15) is 39.0 Å². The number of unbranched alkanes of at least 4 members (excludes halogenated alkanes) is 3. The third-order valence-corrected chi connectivity index (χ3v) is 1.58. The van der Waals surface area contributed by atoms with Gasteiger partial charge >= 0.3 is 0 Å². The van der Waals surface area contributed by atoms with E-state index in [1.165, 1.54) is 12.8 Å². The van der Waals surface area contributed by atoms with Crippen molar-refractivity contribution in [1.82, 2.24) is 0 Å². The van der Waals surface area contributed by atoms with E-state index >= 15 is 0 Å². The molecule has 0 aromatic carbocycles. The molecule has 10 heavy (non-hydrogen) atoms. The number of aliphatic hydroxyl groups is 1. The molecule has 0 spiro atoms. The summed E-state index contributed by atoms with van der Waals surface area (Å²) in [6, 6.07) is 0. The standard InChI is InChI=1S/C8H17O2/c1-2-3-4-5-6-8(10)7-9/h8,10H,2-7H2,1H3. The molecule has 0 aromatic heterocycles. The monoisotopic (exact) mass is 145 g/mol. The molecular weight excluding hydrogens is 128 g/mol. The molecule has 2 heteroatoms. The van der Waals surface area contributed by atoms with Gasteiger partial charge in [0.25, 0.3) is 0 Å². The first kappa shape index (κ1) is 9.92. The Morgan fingerprint density at radius 2 is 2.00 bits per heavy atom. The largest absolute Gasteiger partial charge is 0.391 e. The molecule has 0 bridgehead atoms. The molecule has 1 atom stereocenters. The number of aliphatic hydroxyl groups excluding tert-OH is 1. The third-order valence-electron chi connectivity index (χ3n) is 1.58. The van der Waals surface area contributed by atoms with Gasteiger partial charge in [-0.25, -0.2) is 5.11 Å². The molecule has 2 nitrogen and oxygen atoms in total. The predicted molar refractivity (Wildman–Crippen MR) is 40.3 cm³/mol. The second-order valence-electron chi connectivity index (χ2n) is 2.67. The SMILES string of the molecule is CCCCCCC(O)C[O]. The van der Waals surface area contributed by atoms with Crippen LogP contribution in [0.15, 0.2) is 0 Å².